The van der Waals surface area contributed by atoms with Gasteiger partial charge in [0.2, 0.25) is 0 Å². The van der Waals surface area contributed by atoms with Crippen molar-refractivity contribution >= 4 is 13.7 Å². The number of rotatable bonds is 9. The number of hydrogen-bond donors (Lipinski definition) is 0. The largest absolute Gasteiger partial charge is 0.315 e. The molecule has 0 bridgehead atoms. The predicted octanol–water partition coefficient (Wildman–Crippen LogP) is 8.43. The molecule has 0 saturated carbocycles. The Labute approximate surface area is 191 Å². The molecule has 0 heterocycles. The first kappa shape index (κ1) is 22.5. The highest BCUT2D eigenvalue weighted by Crippen LogP contribution is 2.86. The van der Waals surface area contributed by atoms with E-state index in [-0.39, 0.29) is 0 Å². The number of hydrogen-bond acceptors (Lipinski definition) is 2. The van der Waals surface area contributed by atoms with E-state index in [4.69, 9.17) is 0 Å². The van der Waals surface area contributed by atoms with Gasteiger partial charge in [-0.15, -0.1) is 0 Å². The lowest BCUT2D eigenvalue weighted by molar-refractivity contribution is 0.562. The first-order valence-electron chi connectivity index (χ1n) is 10.9. The van der Waals surface area contributed by atoms with E-state index in [1.54, 1.807) is 0 Å². The first-order chi connectivity index (χ1) is 15.6. The van der Waals surface area contributed by atoms with Crippen molar-refractivity contribution in [1.82, 2.24) is 0 Å². The van der Waals surface area contributed by atoms with Gasteiger partial charge in [0.1, 0.15) is 0 Å². The second-order valence-electron chi connectivity index (χ2n) is 8.27. The maximum absolute atomic E-state index is 14.9. The van der Waals surface area contributed by atoms with Crippen LogP contribution in [0.25, 0.3) is 0 Å². The van der Waals surface area contributed by atoms with Crippen LogP contribution in [0, 0.1) is 0 Å². The van der Waals surface area contributed by atoms with E-state index in [2.05, 4.69) is 0 Å². The fourth-order valence-electron chi connectivity index (χ4n) is 4.10. The Kier molecular flexibility index (Phi) is 7.26. The van der Waals surface area contributed by atoms with Gasteiger partial charge in [-0.1, -0.05) is 121 Å². The summed E-state index contributed by atoms with van der Waals surface area (Å²) in [5, 5.41) is 0. The predicted molar refractivity (Wildman–Crippen MR) is 136 cm³/mol. The molecule has 0 fully saturated rings. The molecule has 32 heavy (non-hydrogen) atoms. The van der Waals surface area contributed by atoms with Gasteiger partial charge in [-0.25, -0.2) is 0 Å². The molecule has 0 radical (unpaired) electrons. The second-order valence-corrected chi connectivity index (χ2v) is 17.3. The average Bonchev–Trinajstić information content (AvgIpc) is 2.81. The van der Waals surface area contributed by atoms with Crippen LogP contribution in [0.2, 0.25) is 0 Å². The molecule has 0 amide bonds. The van der Waals surface area contributed by atoms with Crippen molar-refractivity contribution in [3.05, 3.63) is 144 Å². The Morgan fingerprint density at radius 2 is 0.531 bits per heavy atom. The van der Waals surface area contributed by atoms with Crippen LogP contribution in [-0.4, -0.2) is 0 Å². The Morgan fingerprint density at radius 1 is 0.344 bits per heavy atom. The molecular formula is C28H28O2P2. The molecule has 0 aliphatic heterocycles. The monoisotopic (exact) mass is 458 g/mol. The van der Waals surface area contributed by atoms with Crippen LogP contribution in [-0.2, 0) is 33.8 Å². The van der Waals surface area contributed by atoms with E-state index in [0.29, 0.717) is 24.6 Å². The van der Waals surface area contributed by atoms with E-state index < -0.39 is 13.7 Å². The minimum atomic E-state index is -3.16. The van der Waals surface area contributed by atoms with Gasteiger partial charge < -0.3 is 9.13 Å². The summed E-state index contributed by atoms with van der Waals surface area (Å²) in [6, 6.07) is 39.5. The van der Waals surface area contributed by atoms with Gasteiger partial charge in [0.25, 0.3) is 0 Å². The third-order valence-corrected chi connectivity index (χ3v) is 16.2. The summed E-state index contributed by atoms with van der Waals surface area (Å²) in [7, 11) is 0. The summed E-state index contributed by atoms with van der Waals surface area (Å²) in [4.78, 5) is 0. The molecule has 2 nitrogen and oxygen atoms in total. The van der Waals surface area contributed by atoms with Crippen molar-refractivity contribution in [2.24, 2.45) is 0 Å². The molecule has 4 aromatic carbocycles. The molecule has 0 aliphatic carbocycles. The third kappa shape index (κ3) is 5.57. The van der Waals surface area contributed by atoms with E-state index >= 15 is 0 Å². The zero-order chi connectivity index (χ0) is 22.3. The summed E-state index contributed by atoms with van der Waals surface area (Å²) >= 11 is 0. The summed E-state index contributed by atoms with van der Waals surface area (Å²) in [5.41, 5.74) is 3.92. The van der Waals surface area contributed by atoms with E-state index in [1.807, 2.05) is 121 Å². The normalized spacial score (nSPS) is 11.9. The smallest absolute Gasteiger partial charge is 0.152 e. The maximum Gasteiger partial charge on any atom is 0.152 e. The van der Waals surface area contributed by atoms with Crippen molar-refractivity contribution < 1.29 is 9.13 Å². The van der Waals surface area contributed by atoms with Gasteiger partial charge in [-0.2, -0.15) is 0 Å². The van der Waals surface area contributed by atoms with Crippen molar-refractivity contribution in [2.75, 3.05) is 0 Å². The van der Waals surface area contributed by atoms with E-state index in [9.17, 15) is 9.13 Å². The van der Waals surface area contributed by atoms with E-state index in [0.717, 1.165) is 22.3 Å². The molecule has 0 N–H and O–H groups in total. The zero-order valence-corrected chi connectivity index (χ0v) is 19.9. The van der Waals surface area contributed by atoms with E-state index in [1.165, 1.54) is 0 Å². The molecule has 0 aromatic heterocycles. The molecule has 162 valence electrons. The fourth-order valence-corrected chi connectivity index (χ4v) is 13.5. The number of benzene rings is 4. The van der Waals surface area contributed by atoms with Crippen molar-refractivity contribution in [2.45, 2.75) is 24.6 Å². The highest BCUT2D eigenvalue weighted by atomic mass is 32.1. The van der Waals surface area contributed by atoms with Crippen LogP contribution < -0.4 is 0 Å². The lowest BCUT2D eigenvalue weighted by atomic mass is 10.2. The molecule has 4 rings (SSSR count). The van der Waals surface area contributed by atoms with Crippen molar-refractivity contribution in [3.63, 3.8) is 0 Å². The lowest BCUT2D eigenvalue weighted by Crippen LogP contribution is -2.01. The summed E-state index contributed by atoms with van der Waals surface area (Å²) < 4.78 is 29.8. The summed E-state index contributed by atoms with van der Waals surface area (Å²) in [6.45, 7) is -6.32. The molecule has 4 heteroatoms. The van der Waals surface area contributed by atoms with Crippen LogP contribution >= 0.6 is 13.7 Å². The SMILES string of the molecule is O=P(Cc1ccccc1)(Cc1ccccc1)P(=O)(Cc1ccccc1)Cc1ccccc1. The van der Waals surface area contributed by atoms with Gasteiger partial charge in [0, 0.05) is 24.6 Å². The fraction of sp³-hybridized carbons (Fsp3) is 0.143. The Hall–Kier alpha value is -2.66. The van der Waals surface area contributed by atoms with Gasteiger partial charge in [0.15, 0.2) is 13.7 Å². The van der Waals surface area contributed by atoms with Crippen LogP contribution in [0.3, 0.4) is 0 Å². The zero-order valence-electron chi connectivity index (χ0n) is 18.1. The maximum atomic E-state index is 14.9. The van der Waals surface area contributed by atoms with Crippen LogP contribution in [0.5, 0.6) is 0 Å². The lowest BCUT2D eigenvalue weighted by Gasteiger charge is -2.29. The summed E-state index contributed by atoms with van der Waals surface area (Å²) in [6.07, 6.45) is 1.39. The first-order valence-corrected chi connectivity index (χ1v) is 15.7. The van der Waals surface area contributed by atoms with Crippen molar-refractivity contribution in [1.29, 1.82) is 0 Å². The molecule has 0 saturated heterocycles. The second kappa shape index (κ2) is 10.3. The Balaban J connectivity index is 1.80. The summed E-state index contributed by atoms with van der Waals surface area (Å²) in [5.74, 6) is 0. The van der Waals surface area contributed by atoms with Gasteiger partial charge in [-0.3, -0.25) is 0 Å². The topological polar surface area (TPSA) is 34.1 Å². The quantitative estimate of drug-likeness (QED) is 0.236. The highest BCUT2D eigenvalue weighted by molar-refractivity contribution is 8.34. The third-order valence-electron chi connectivity index (χ3n) is 5.75. The van der Waals surface area contributed by atoms with Gasteiger partial charge in [-0.05, 0) is 22.3 Å². The minimum Gasteiger partial charge on any atom is -0.315 e. The van der Waals surface area contributed by atoms with Gasteiger partial charge in [0.05, 0.1) is 0 Å². The molecular weight excluding hydrogens is 430 g/mol. The Morgan fingerprint density at radius 3 is 0.719 bits per heavy atom. The molecule has 0 spiro atoms. The Bertz CT molecular complexity index is 1020. The molecule has 0 aliphatic rings. The average molecular weight is 458 g/mol. The van der Waals surface area contributed by atoms with Crippen LogP contribution in [0.4, 0.5) is 0 Å². The standard InChI is InChI=1S/C28H28O2P2/c29-31(21-25-13-5-1-6-14-25,22-26-15-7-2-8-16-26)32(30,23-27-17-9-3-10-18-27)24-28-19-11-4-12-20-28/h1-20H,21-24H2. The van der Waals surface area contributed by atoms with Crippen LogP contribution in [0.1, 0.15) is 22.3 Å². The molecule has 0 atom stereocenters. The minimum absolute atomic E-state index is 0.347. The van der Waals surface area contributed by atoms with Gasteiger partial charge >= 0.3 is 0 Å². The molecule has 4 aromatic rings. The molecule has 0 unspecified atom stereocenters. The highest BCUT2D eigenvalue weighted by Gasteiger charge is 2.43. The van der Waals surface area contributed by atoms with Crippen molar-refractivity contribution in [3.8, 4) is 0 Å². The van der Waals surface area contributed by atoms with Crippen LogP contribution in [0.15, 0.2) is 121 Å².